The summed E-state index contributed by atoms with van der Waals surface area (Å²) in [6.07, 6.45) is 0. The molecule has 0 bridgehead atoms. The summed E-state index contributed by atoms with van der Waals surface area (Å²) in [5.74, 6) is 0.517. The Morgan fingerprint density at radius 2 is 2.00 bits per heavy atom. The van der Waals surface area contributed by atoms with Crippen LogP contribution in [0.1, 0.15) is 22.3 Å². The molecule has 3 rings (SSSR count). The van der Waals surface area contributed by atoms with Crippen LogP contribution in [0.2, 0.25) is 0 Å². The second-order valence-electron chi connectivity index (χ2n) is 6.13. The fourth-order valence-corrected chi connectivity index (χ4v) is 2.85. The minimum atomic E-state index is -0.579. The first-order valence-corrected chi connectivity index (χ1v) is 8.31. The Hall–Kier alpha value is -3.13. The third kappa shape index (κ3) is 4.35. The first-order valence-electron chi connectivity index (χ1n) is 8.31. The largest absolute Gasteiger partial charge is 0.481 e. The number of para-hydroxylation sites is 1. The van der Waals surface area contributed by atoms with Gasteiger partial charge in [-0.15, -0.1) is 0 Å². The van der Waals surface area contributed by atoms with E-state index in [0.29, 0.717) is 22.6 Å². The Kier molecular flexibility index (Phi) is 5.56. The van der Waals surface area contributed by atoms with Gasteiger partial charge in [0, 0.05) is 23.3 Å². The molecule has 142 valence electrons. The van der Waals surface area contributed by atoms with Crippen molar-refractivity contribution in [1.29, 1.82) is 0 Å². The molecule has 0 saturated carbocycles. The molecular formula is C19H19NO7. The molecule has 1 aliphatic heterocycles. The van der Waals surface area contributed by atoms with E-state index in [4.69, 9.17) is 18.9 Å². The lowest BCUT2D eigenvalue weighted by Gasteiger charge is -2.20. The highest BCUT2D eigenvalue weighted by Crippen LogP contribution is 2.33. The van der Waals surface area contributed by atoms with E-state index in [9.17, 15) is 14.9 Å². The van der Waals surface area contributed by atoms with Gasteiger partial charge < -0.3 is 18.9 Å². The van der Waals surface area contributed by atoms with E-state index in [-0.39, 0.29) is 32.3 Å². The summed E-state index contributed by atoms with van der Waals surface area (Å²) in [6.45, 7) is 3.62. The number of ether oxygens (including phenoxy) is 4. The number of nitro benzene ring substituents is 1. The van der Waals surface area contributed by atoms with Crippen molar-refractivity contribution in [2.75, 3.05) is 13.4 Å². The number of benzene rings is 2. The van der Waals surface area contributed by atoms with Gasteiger partial charge in [0.2, 0.25) is 0 Å². The number of aryl methyl sites for hydroxylation is 2. The molecular weight excluding hydrogens is 354 g/mol. The molecule has 8 heteroatoms. The predicted octanol–water partition coefficient (Wildman–Crippen LogP) is 3.20. The van der Waals surface area contributed by atoms with Gasteiger partial charge in [-0.3, -0.25) is 10.1 Å². The number of esters is 1. The van der Waals surface area contributed by atoms with E-state index in [1.165, 1.54) is 12.1 Å². The van der Waals surface area contributed by atoms with E-state index < -0.39 is 10.9 Å². The molecule has 0 aliphatic carbocycles. The minimum absolute atomic E-state index is 0.0431. The molecule has 8 nitrogen and oxygen atoms in total. The fourth-order valence-electron chi connectivity index (χ4n) is 2.85. The van der Waals surface area contributed by atoms with Crippen molar-refractivity contribution in [2.24, 2.45) is 0 Å². The summed E-state index contributed by atoms with van der Waals surface area (Å²) in [5, 5.41) is 11.1. The van der Waals surface area contributed by atoms with Crippen molar-refractivity contribution in [3.8, 4) is 11.5 Å². The van der Waals surface area contributed by atoms with Gasteiger partial charge in [0.05, 0.1) is 11.5 Å². The average Bonchev–Trinajstić information content (AvgIpc) is 2.65. The molecule has 0 radical (unpaired) electrons. The number of hydrogen-bond donors (Lipinski definition) is 0. The van der Waals surface area contributed by atoms with Crippen LogP contribution in [-0.4, -0.2) is 24.3 Å². The van der Waals surface area contributed by atoms with Crippen molar-refractivity contribution >= 4 is 11.7 Å². The quantitative estimate of drug-likeness (QED) is 0.436. The molecule has 0 saturated heterocycles. The number of rotatable bonds is 6. The van der Waals surface area contributed by atoms with Gasteiger partial charge in [0.15, 0.2) is 13.4 Å². The van der Waals surface area contributed by atoms with Crippen molar-refractivity contribution in [3.05, 3.63) is 62.7 Å². The standard InChI is InChI=1S/C19H19NO7/c1-12-4-3-5-13(2)18(12)26-10-17(21)25-9-15-7-16(20(22)23)6-14-8-24-11-27-19(14)15/h3-7H,8-11H2,1-2H3. The zero-order valence-corrected chi connectivity index (χ0v) is 15.0. The van der Waals surface area contributed by atoms with Gasteiger partial charge in [-0.2, -0.15) is 0 Å². The highest BCUT2D eigenvalue weighted by Gasteiger charge is 2.22. The molecule has 27 heavy (non-hydrogen) atoms. The van der Waals surface area contributed by atoms with Crippen molar-refractivity contribution in [2.45, 2.75) is 27.1 Å². The topological polar surface area (TPSA) is 97.1 Å². The first kappa shape index (κ1) is 18.7. The maximum atomic E-state index is 12.1. The lowest BCUT2D eigenvalue weighted by Crippen LogP contribution is -2.17. The van der Waals surface area contributed by atoms with Crippen LogP contribution in [0.25, 0.3) is 0 Å². The SMILES string of the molecule is Cc1cccc(C)c1OCC(=O)OCc1cc([N+](=O)[O-])cc2c1OCOC2. The zero-order chi connectivity index (χ0) is 19.4. The summed E-state index contributed by atoms with van der Waals surface area (Å²) >= 11 is 0. The Balaban J connectivity index is 1.66. The first-order chi connectivity index (χ1) is 13.0. The fraction of sp³-hybridized carbons (Fsp3) is 0.316. The summed E-state index contributed by atoms with van der Waals surface area (Å²) in [5.41, 5.74) is 2.70. The summed E-state index contributed by atoms with van der Waals surface area (Å²) < 4.78 is 21.3. The molecule has 0 aromatic heterocycles. The smallest absolute Gasteiger partial charge is 0.344 e. The van der Waals surface area contributed by atoms with Crippen LogP contribution >= 0.6 is 0 Å². The van der Waals surface area contributed by atoms with Crippen LogP contribution in [0.3, 0.4) is 0 Å². The number of nitro groups is 1. The monoisotopic (exact) mass is 373 g/mol. The second-order valence-corrected chi connectivity index (χ2v) is 6.13. The number of carbonyl (C=O) groups excluding carboxylic acids is 1. The van der Waals surface area contributed by atoms with Crippen LogP contribution in [0.15, 0.2) is 30.3 Å². The highest BCUT2D eigenvalue weighted by molar-refractivity contribution is 5.71. The van der Waals surface area contributed by atoms with Gasteiger partial charge in [0.25, 0.3) is 5.69 Å². The molecule has 2 aromatic rings. The molecule has 0 spiro atoms. The van der Waals surface area contributed by atoms with Gasteiger partial charge in [0.1, 0.15) is 18.1 Å². The minimum Gasteiger partial charge on any atom is -0.481 e. The number of non-ortho nitro benzene ring substituents is 1. The third-order valence-corrected chi connectivity index (χ3v) is 4.11. The number of hydrogen-bond acceptors (Lipinski definition) is 7. The second kappa shape index (κ2) is 8.05. The van der Waals surface area contributed by atoms with E-state index in [2.05, 4.69) is 0 Å². The van der Waals surface area contributed by atoms with Crippen LogP contribution < -0.4 is 9.47 Å². The molecule has 1 heterocycles. The maximum absolute atomic E-state index is 12.1. The van der Waals surface area contributed by atoms with E-state index in [1.807, 2.05) is 32.0 Å². The Bertz CT molecular complexity index is 858. The number of carbonyl (C=O) groups is 1. The normalized spacial score (nSPS) is 12.7. The van der Waals surface area contributed by atoms with Gasteiger partial charge >= 0.3 is 5.97 Å². The lowest BCUT2D eigenvalue weighted by molar-refractivity contribution is -0.385. The molecule has 0 atom stereocenters. The van der Waals surface area contributed by atoms with E-state index in [1.54, 1.807) is 0 Å². The van der Waals surface area contributed by atoms with Crippen LogP contribution in [0, 0.1) is 24.0 Å². The molecule has 2 aromatic carbocycles. The van der Waals surface area contributed by atoms with Crippen molar-refractivity contribution in [1.82, 2.24) is 0 Å². The van der Waals surface area contributed by atoms with Gasteiger partial charge in [-0.05, 0) is 25.0 Å². The number of nitrogens with zero attached hydrogens (tertiary/aromatic N) is 1. The molecule has 0 N–H and O–H groups in total. The van der Waals surface area contributed by atoms with Gasteiger partial charge in [-0.1, -0.05) is 18.2 Å². The Morgan fingerprint density at radius 1 is 1.26 bits per heavy atom. The Morgan fingerprint density at radius 3 is 2.70 bits per heavy atom. The summed E-state index contributed by atoms with van der Waals surface area (Å²) in [6, 6.07) is 8.42. The van der Waals surface area contributed by atoms with Gasteiger partial charge in [-0.25, -0.2) is 4.79 Å². The molecule has 1 aliphatic rings. The Labute approximate surface area is 155 Å². The summed E-state index contributed by atoms with van der Waals surface area (Å²) in [4.78, 5) is 22.6. The van der Waals surface area contributed by atoms with Crippen LogP contribution in [-0.2, 0) is 27.5 Å². The zero-order valence-electron chi connectivity index (χ0n) is 15.0. The van der Waals surface area contributed by atoms with E-state index in [0.717, 1.165) is 11.1 Å². The lowest BCUT2D eigenvalue weighted by atomic mass is 10.1. The van der Waals surface area contributed by atoms with Crippen LogP contribution in [0.5, 0.6) is 11.5 Å². The number of fused-ring (bicyclic) bond motifs is 1. The highest BCUT2D eigenvalue weighted by atomic mass is 16.7. The molecule has 0 amide bonds. The van der Waals surface area contributed by atoms with E-state index >= 15 is 0 Å². The summed E-state index contributed by atoms with van der Waals surface area (Å²) in [7, 11) is 0. The van der Waals surface area contributed by atoms with Crippen molar-refractivity contribution in [3.63, 3.8) is 0 Å². The molecule has 0 fully saturated rings. The predicted molar refractivity (Wildman–Crippen MR) is 94.6 cm³/mol. The third-order valence-electron chi connectivity index (χ3n) is 4.11. The molecule has 0 unspecified atom stereocenters. The van der Waals surface area contributed by atoms with Crippen molar-refractivity contribution < 1.29 is 28.7 Å². The van der Waals surface area contributed by atoms with Crippen LogP contribution in [0.4, 0.5) is 5.69 Å². The maximum Gasteiger partial charge on any atom is 0.344 e. The average molecular weight is 373 g/mol.